The van der Waals surface area contributed by atoms with Gasteiger partial charge in [0.1, 0.15) is 0 Å². The molecule has 0 unspecified atom stereocenters. The van der Waals surface area contributed by atoms with Crippen molar-refractivity contribution in [1.82, 2.24) is 0 Å². The van der Waals surface area contributed by atoms with E-state index in [1.807, 2.05) is 30.3 Å². The van der Waals surface area contributed by atoms with Crippen LogP contribution in [0.1, 0.15) is 11.1 Å². The molecule has 0 spiro atoms. The number of hydrogen-bond donors (Lipinski definition) is 2. The summed E-state index contributed by atoms with van der Waals surface area (Å²) in [6.45, 7) is 0. The summed E-state index contributed by atoms with van der Waals surface area (Å²) in [6.07, 6.45) is 0.818. The molecule has 4 N–H and O–H groups in total. The number of nitrogens with zero attached hydrogens (tertiary/aromatic N) is 2. The molecule has 2 aromatic carbocycles. The van der Waals surface area contributed by atoms with Crippen LogP contribution in [-0.2, 0) is 6.42 Å². The van der Waals surface area contributed by atoms with Gasteiger partial charge in [-0.2, -0.15) is 0 Å². The van der Waals surface area contributed by atoms with Crippen LogP contribution in [0.5, 0.6) is 0 Å². The van der Waals surface area contributed by atoms with Crippen LogP contribution in [0.15, 0.2) is 58.9 Å². The van der Waals surface area contributed by atoms with Gasteiger partial charge in [-0.1, -0.05) is 35.6 Å². The molecule has 0 radical (unpaired) electrons. The van der Waals surface area contributed by atoms with Crippen LogP contribution in [0.2, 0.25) is 0 Å². The summed E-state index contributed by atoms with van der Waals surface area (Å²) < 4.78 is 0. The highest BCUT2D eigenvalue weighted by molar-refractivity contribution is 5.54. The second-order valence-corrected chi connectivity index (χ2v) is 3.81. The first kappa shape index (κ1) is 11.1. The summed E-state index contributed by atoms with van der Waals surface area (Å²) in [4.78, 5) is 0. The molecule has 0 saturated carbocycles. The normalized spacial score (nSPS) is 10.8. The second-order valence-electron chi connectivity index (χ2n) is 3.81. The van der Waals surface area contributed by atoms with Crippen molar-refractivity contribution in [3.8, 4) is 0 Å². The van der Waals surface area contributed by atoms with Gasteiger partial charge in [-0.3, -0.25) is 0 Å². The lowest BCUT2D eigenvalue weighted by Gasteiger charge is -2.04. The molecule has 0 aromatic heterocycles. The van der Waals surface area contributed by atoms with Crippen LogP contribution in [0.3, 0.4) is 0 Å². The highest BCUT2D eigenvalue weighted by atomic mass is 15.3. The number of nitrogen functional groups attached to an aromatic ring is 1. The SMILES string of the molecule is NN=Nc1cc(N)cc(Cc2ccccc2)c1. The number of hydrogen-bond acceptors (Lipinski definition) is 3. The van der Waals surface area contributed by atoms with E-state index in [0.29, 0.717) is 11.4 Å². The Morgan fingerprint density at radius 2 is 1.71 bits per heavy atom. The molecule has 17 heavy (non-hydrogen) atoms. The summed E-state index contributed by atoms with van der Waals surface area (Å²) >= 11 is 0. The van der Waals surface area contributed by atoms with Crippen LogP contribution in [0.25, 0.3) is 0 Å². The molecule has 0 saturated heterocycles. The molecule has 0 amide bonds. The number of benzene rings is 2. The Hall–Kier alpha value is -2.36. The molecule has 0 aliphatic carbocycles. The van der Waals surface area contributed by atoms with Gasteiger partial charge < -0.3 is 11.6 Å². The third-order valence-corrected chi connectivity index (χ3v) is 2.42. The molecule has 0 aliphatic heterocycles. The van der Waals surface area contributed by atoms with Crippen LogP contribution >= 0.6 is 0 Å². The third kappa shape index (κ3) is 3.04. The van der Waals surface area contributed by atoms with E-state index in [0.717, 1.165) is 12.0 Å². The maximum atomic E-state index is 5.80. The standard InChI is InChI=1S/C13H14N4/c14-12-7-11(8-13(9-12)16-17-15)6-10-4-2-1-3-5-10/h1-5,7-9H,6,14H2,(H2,15,16). The minimum atomic E-state index is 0.667. The Bertz CT molecular complexity index is 520. The molecular weight excluding hydrogens is 212 g/mol. The van der Waals surface area contributed by atoms with E-state index in [1.165, 1.54) is 5.56 Å². The highest BCUT2D eigenvalue weighted by Crippen LogP contribution is 2.21. The summed E-state index contributed by atoms with van der Waals surface area (Å²) in [5.41, 5.74) is 9.47. The van der Waals surface area contributed by atoms with Gasteiger partial charge >= 0.3 is 0 Å². The van der Waals surface area contributed by atoms with E-state index in [1.54, 1.807) is 6.07 Å². The smallest absolute Gasteiger partial charge is 0.0897 e. The van der Waals surface area contributed by atoms with Crippen LogP contribution in [-0.4, -0.2) is 0 Å². The fraction of sp³-hybridized carbons (Fsp3) is 0.0769. The predicted octanol–water partition coefficient (Wildman–Crippen LogP) is 2.82. The fourth-order valence-corrected chi connectivity index (χ4v) is 1.76. The average Bonchev–Trinajstić information content (AvgIpc) is 2.30. The van der Waals surface area contributed by atoms with Crippen molar-refractivity contribution in [2.45, 2.75) is 6.42 Å². The zero-order valence-corrected chi connectivity index (χ0v) is 9.38. The number of nitrogens with two attached hydrogens (primary N) is 2. The lowest BCUT2D eigenvalue weighted by atomic mass is 10.0. The fourth-order valence-electron chi connectivity index (χ4n) is 1.76. The minimum Gasteiger partial charge on any atom is -0.399 e. The Labute approximate surface area is 100.0 Å². The summed E-state index contributed by atoms with van der Waals surface area (Å²) in [5.74, 6) is 5.03. The molecule has 2 aromatic rings. The van der Waals surface area contributed by atoms with E-state index in [9.17, 15) is 0 Å². The highest BCUT2D eigenvalue weighted by Gasteiger charge is 2.00. The largest absolute Gasteiger partial charge is 0.399 e. The first-order chi connectivity index (χ1) is 8.28. The predicted molar refractivity (Wildman–Crippen MR) is 68.8 cm³/mol. The topological polar surface area (TPSA) is 76.8 Å². The minimum absolute atomic E-state index is 0.667. The first-order valence-electron chi connectivity index (χ1n) is 5.32. The van der Waals surface area contributed by atoms with E-state index in [2.05, 4.69) is 22.5 Å². The van der Waals surface area contributed by atoms with Crippen LogP contribution < -0.4 is 11.6 Å². The molecule has 0 aliphatic rings. The Kier molecular flexibility index (Phi) is 3.35. The van der Waals surface area contributed by atoms with Crippen molar-refractivity contribution >= 4 is 11.4 Å². The lowest BCUT2D eigenvalue weighted by Crippen LogP contribution is -1.91. The van der Waals surface area contributed by atoms with Gasteiger partial charge in [-0.25, -0.2) is 0 Å². The van der Waals surface area contributed by atoms with Crippen LogP contribution in [0, 0.1) is 0 Å². The number of rotatable bonds is 3. The number of anilines is 1. The maximum Gasteiger partial charge on any atom is 0.0897 e. The Balaban J connectivity index is 2.27. The zero-order valence-electron chi connectivity index (χ0n) is 9.38. The van der Waals surface area contributed by atoms with Gasteiger partial charge in [0.15, 0.2) is 0 Å². The van der Waals surface area contributed by atoms with Crippen molar-refractivity contribution in [2.75, 3.05) is 5.73 Å². The molecule has 0 bridgehead atoms. The van der Waals surface area contributed by atoms with Gasteiger partial charge in [-0.05, 0) is 35.7 Å². The lowest BCUT2D eigenvalue weighted by molar-refractivity contribution is 1.06. The molecule has 86 valence electrons. The van der Waals surface area contributed by atoms with E-state index < -0.39 is 0 Å². The van der Waals surface area contributed by atoms with Crippen molar-refractivity contribution in [3.05, 3.63) is 59.7 Å². The Morgan fingerprint density at radius 1 is 0.941 bits per heavy atom. The van der Waals surface area contributed by atoms with E-state index in [4.69, 9.17) is 11.6 Å². The van der Waals surface area contributed by atoms with Crippen LogP contribution in [0.4, 0.5) is 11.4 Å². The summed E-state index contributed by atoms with van der Waals surface area (Å²) in [7, 11) is 0. The molecule has 0 atom stereocenters. The maximum absolute atomic E-state index is 5.80. The quantitative estimate of drug-likeness (QED) is 0.365. The molecule has 4 nitrogen and oxygen atoms in total. The molecule has 2 rings (SSSR count). The van der Waals surface area contributed by atoms with Gasteiger partial charge in [-0.15, -0.1) is 5.11 Å². The average molecular weight is 226 g/mol. The third-order valence-electron chi connectivity index (χ3n) is 2.42. The van der Waals surface area contributed by atoms with E-state index >= 15 is 0 Å². The van der Waals surface area contributed by atoms with Gasteiger partial charge in [0, 0.05) is 5.69 Å². The van der Waals surface area contributed by atoms with Crippen molar-refractivity contribution in [2.24, 2.45) is 16.2 Å². The monoisotopic (exact) mass is 226 g/mol. The summed E-state index contributed by atoms with van der Waals surface area (Å²) in [5, 5.41) is 7.06. The Morgan fingerprint density at radius 3 is 2.41 bits per heavy atom. The molecule has 0 heterocycles. The summed E-state index contributed by atoms with van der Waals surface area (Å²) in [6, 6.07) is 15.8. The van der Waals surface area contributed by atoms with E-state index in [-0.39, 0.29) is 0 Å². The van der Waals surface area contributed by atoms with Crippen molar-refractivity contribution < 1.29 is 0 Å². The van der Waals surface area contributed by atoms with Gasteiger partial charge in [0.05, 0.1) is 5.69 Å². The van der Waals surface area contributed by atoms with Crippen molar-refractivity contribution in [1.29, 1.82) is 0 Å². The zero-order chi connectivity index (χ0) is 12.1. The molecular formula is C13H14N4. The molecule has 4 heteroatoms. The second kappa shape index (κ2) is 5.12. The van der Waals surface area contributed by atoms with Gasteiger partial charge in [0.25, 0.3) is 0 Å². The first-order valence-corrected chi connectivity index (χ1v) is 5.32. The van der Waals surface area contributed by atoms with Gasteiger partial charge in [0.2, 0.25) is 0 Å². The molecule has 0 fully saturated rings. The van der Waals surface area contributed by atoms with Crippen molar-refractivity contribution in [3.63, 3.8) is 0 Å².